The van der Waals surface area contributed by atoms with Gasteiger partial charge in [-0.1, -0.05) is 192 Å². The Labute approximate surface area is 369 Å². The van der Waals surface area contributed by atoms with E-state index in [-0.39, 0.29) is 25.6 Å². The third-order valence-corrected chi connectivity index (χ3v) is 11.7. The second-order valence-electron chi connectivity index (χ2n) is 16.8. The van der Waals surface area contributed by atoms with Gasteiger partial charge in [0, 0.05) is 13.0 Å². The van der Waals surface area contributed by atoms with Crippen molar-refractivity contribution in [2.24, 2.45) is 0 Å². The van der Waals surface area contributed by atoms with Gasteiger partial charge in [0.25, 0.3) is 0 Å². The predicted octanol–water partition coefficient (Wildman–Crippen LogP) is 14.4. The van der Waals surface area contributed by atoms with E-state index in [1.807, 2.05) is 0 Å². The number of rotatable bonds is 48. The van der Waals surface area contributed by atoms with Crippen molar-refractivity contribution in [2.45, 2.75) is 244 Å². The molecule has 0 heterocycles. The largest absolute Gasteiger partial charge is 0.472 e. The van der Waals surface area contributed by atoms with Crippen LogP contribution in [0.15, 0.2) is 36.5 Å². The summed E-state index contributed by atoms with van der Waals surface area (Å²) >= 11 is 0. The van der Waals surface area contributed by atoms with Gasteiger partial charge in [-0.15, -0.1) is 0 Å². The lowest BCUT2D eigenvalue weighted by Crippen LogP contribution is -2.29. The monoisotopic (exact) mass is 871 g/mol. The summed E-state index contributed by atoms with van der Waals surface area (Å²) in [7, 11) is -4.52. The highest BCUT2D eigenvalue weighted by Gasteiger charge is 2.26. The van der Waals surface area contributed by atoms with E-state index in [1.165, 1.54) is 161 Å². The Morgan fingerprint density at radius 3 is 1.38 bits per heavy atom. The van der Waals surface area contributed by atoms with E-state index in [4.69, 9.17) is 23.6 Å². The van der Waals surface area contributed by atoms with Crippen molar-refractivity contribution in [1.82, 2.24) is 0 Å². The molecule has 0 aliphatic heterocycles. The zero-order valence-electron chi connectivity index (χ0n) is 38.9. The van der Waals surface area contributed by atoms with Gasteiger partial charge in [0.15, 0.2) is 0 Å². The number of carbonyl (C=O) groups is 1. The molecule has 60 heavy (non-hydrogen) atoms. The molecule has 0 saturated carbocycles. The first-order chi connectivity index (χ1) is 29.3. The van der Waals surface area contributed by atoms with Crippen LogP contribution in [0.1, 0.15) is 232 Å². The summed E-state index contributed by atoms with van der Waals surface area (Å²) in [6.45, 7) is 3.51. The third-order valence-electron chi connectivity index (χ3n) is 10.8. The maximum Gasteiger partial charge on any atom is 0.472 e. The summed E-state index contributed by atoms with van der Waals surface area (Å²) in [5, 5.41) is 18.4. The van der Waals surface area contributed by atoms with Crippen molar-refractivity contribution in [3.05, 3.63) is 36.5 Å². The number of esters is 1. The van der Waals surface area contributed by atoms with Gasteiger partial charge in [0.05, 0.1) is 26.4 Å². The van der Waals surface area contributed by atoms with E-state index in [1.54, 1.807) is 0 Å². The van der Waals surface area contributed by atoms with Gasteiger partial charge in [-0.25, -0.2) is 4.57 Å². The Morgan fingerprint density at radius 2 is 0.900 bits per heavy atom. The molecule has 0 amide bonds. The number of phosphoric ester groups is 1. The second kappa shape index (κ2) is 47.2. The van der Waals surface area contributed by atoms with Crippen LogP contribution in [-0.2, 0) is 27.9 Å². The summed E-state index contributed by atoms with van der Waals surface area (Å²) in [5.74, 6) is -0.384. The SMILES string of the molecule is CCCCC/C=C\C/C=C\CCCCCCCCCCOCC(COP(=O)(O)OCC(O)CO)OC(=O)CCCCCCCCCCC/C=C\CCCCCCCCCC. The molecule has 3 N–H and O–H groups in total. The molecule has 0 aromatic heterocycles. The first-order valence-electron chi connectivity index (χ1n) is 25.0. The normalized spacial score (nSPS) is 14.2. The molecule has 0 saturated heterocycles. The number of phosphoric acid groups is 1. The summed E-state index contributed by atoms with van der Waals surface area (Å²) in [5.41, 5.74) is 0. The average Bonchev–Trinajstić information content (AvgIpc) is 3.24. The third kappa shape index (κ3) is 46.2. The predicted molar refractivity (Wildman–Crippen MR) is 251 cm³/mol. The van der Waals surface area contributed by atoms with Crippen LogP contribution in [0.3, 0.4) is 0 Å². The van der Waals surface area contributed by atoms with E-state index in [2.05, 4.69) is 50.3 Å². The van der Waals surface area contributed by atoms with Crippen LogP contribution in [-0.4, -0.2) is 66.3 Å². The molecule has 0 bridgehead atoms. The van der Waals surface area contributed by atoms with Crippen molar-refractivity contribution < 1.29 is 43.0 Å². The quantitative estimate of drug-likeness (QED) is 0.0237. The maximum atomic E-state index is 12.7. The van der Waals surface area contributed by atoms with Crippen LogP contribution < -0.4 is 0 Å². The van der Waals surface area contributed by atoms with Crippen molar-refractivity contribution in [3.63, 3.8) is 0 Å². The molecule has 0 rings (SSSR count). The average molecular weight is 871 g/mol. The number of ether oxygens (including phenoxy) is 2. The number of hydrogen-bond donors (Lipinski definition) is 3. The standard InChI is InChI=1S/C50H95O9P/c1-3-5-7-9-11-13-15-17-19-21-23-24-25-26-28-30-32-34-36-38-40-42-50(53)59-49(47-58-60(54,55)57-45-48(52)44-51)46-56-43-41-39-37-35-33-31-29-27-22-20-18-16-14-12-10-8-6-4-2/h12,14,18,20-21,23,48-49,51-52H,3-11,13,15-17,19,22,24-47H2,1-2H3,(H,54,55)/b14-12-,20-18-,23-21-. The Morgan fingerprint density at radius 1 is 0.517 bits per heavy atom. The topological polar surface area (TPSA) is 132 Å². The van der Waals surface area contributed by atoms with E-state index < -0.39 is 33.2 Å². The van der Waals surface area contributed by atoms with Crippen LogP contribution in [0.4, 0.5) is 0 Å². The van der Waals surface area contributed by atoms with Gasteiger partial charge in [0.1, 0.15) is 12.2 Å². The highest BCUT2D eigenvalue weighted by molar-refractivity contribution is 7.47. The van der Waals surface area contributed by atoms with Gasteiger partial charge in [-0.05, 0) is 70.6 Å². The molecule has 0 spiro atoms. The summed E-state index contributed by atoms with van der Waals surface area (Å²) in [4.78, 5) is 22.7. The molecule has 3 atom stereocenters. The van der Waals surface area contributed by atoms with E-state index in [0.717, 1.165) is 51.4 Å². The molecule has 0 aromatic carbocycles. The van der Waals surface area contributed by atoms with Gasteiger partial charge in [0.2, 0.25) is 0 Å². The van der Waals surface area contributed by atoms with Gasteiger partial charge in [-0.2, -0.15) is 0 Å². The Kier molecular flexibility index (Phi) is 46.1. The van der Waals surface area contributed by atoms with Crippen molar-refractivity contribution in [3.8, 4) is 0 Å². The first-order valence-corrected chi connectivity index (χ1v) is 26.5. The second-order valence-corrected chi connectivity index (χ2v) is 18.3. The van der Waals surface area contributed by atoms with Crippen LogP contribution in [0.2, 0.25) is 0 Å². The molecular weight excluding hydrogens is 776 g/mol. The fraction of sp³-hybridized carbons (Fsp3) is 0.860. The van der Waals surface area contributed by atoms with Gasteiger partial charge < -0.3 is 24.6 Å². The minimum absolute atomic E-state index is 0.0459. The van der Waals surface area contributed by atoms with Crippen LogP contribution in [0.25, 0.3) is 0 Å². The minimum Gasteiger partial charge on any atom is -0.457 e. The lowest BCUT2D eigenvalue weighted by Gasteiger charge is -2.20. The lowest BCUT2D eigenvalue weighted by molar-refractivity contribution is -0.154. The van der Waals surface area contributed by atoms with E-state index in [0.29, 0.717) is 6.61 Å². The summed E-state index contributed by atoms with van der Waals surface area (Å²) in [6.07, 6.45) is 52.5. The maximum absolute atomic E-state index is 12.7. The number of hydrogen-bond acceptors (Lipinski definition) is 8. The zero-order valence-corrected chi connectivity index (χ0v) is 39.8. The van der Waals surface area contributed by atoms with Crippen LogP contribution >= 0.6 is 7.82 Å². The lowest BCUT2D eigenvalue weighted by atomic mass is 10.1. The number of unbranched alkanes of at least 4 members (excludes halogenated alkanes) is 28. The molecule has 0 aliphatic carbocycles. The van der Waals surface area contributed by atoms with E-state index >= 15 is 0 Å². The Balaban J connectivity index is 4.09. The molecule has 0 radical (unpaired) electrons. The molecular formula is C50H95O9P. The zero-order chi connectivity index (χ0) is 43.9. The molecule has 3 unspecified atom stereocenters. The fourth-order valence-electron chi connectivity index (χ4n) is 6.97. The van der Waals surface area contributed by atoms with Crippen molar-refractivity contribution >= 4 is 13.8 Å². The van der Waals surface area contributed by atoms with Crippen LogP contribution in [0.5, 0.6) is 0 Å². The van der Waals surface area contributed by atoms with Crippen molar-refractivity contribution in [1.29, 1.82) is 0 Å². The fourth-order valence-corrected chi connectivity index (χ4v) is 7.76. The minimum atomic E-state index is -4.52. The molecule has 0 fully saturated rings. The first kappa shape index (κ1) is 58.7. The van der Waals surface area contributed by atoms with E-state index in [9.17, 15) is 19.4 Å². The molecule has 354 valence electrons. The number of aliphatic hydroxyl groups excluding tert-OH is 2. The number of allylic oxidation sites excluding steroid dienone is 6. The summed E-state index contributed by atoms with van der Waals surface area (Å²) < 4.78 is 33.5. The molecule has 9 nitrogen and oxygen atoms in total. The smallest absolute Gasteiger partial charge is 0.457 e. The van der Waals surface area contributed by atoms with Crippen molar-refractivity contribution in [2.75, 3.05) is 33.0 Å². The molecule has 0 aromatic rings. The molecule has 10 heteroatoms. The van der Waals surface area contributed by atoms with Gasteiger partial charge in [-0.3, -0.25) is 13.8 Å². The number of aliphatic hydroxyl groups is 2. The summed E-state index contributed by atoms with van der Waals surface area (Å²) in [6, 6.07) is 0. The van der Waals surface area contributed by atoms with Gasteiger partial charge >= 0.3 is 13.8 Å². The highest BCUT2D eigenvalue weighted by atomic mass is 31.2. The Hall–Kier alpha value is -1.32. The number of carbonyl (C=O) groups excluding carboxylic acids is 1. The highest BCUT2D eigenvalue weighted by Crippen LogP contribution is 2.43. The molecule has 0 aliphatic rings. The van der Waals surface area contributed by atoms with Crippen LogP contribution in [0, 0.1) is 0 Å². The Bertz CT molecular complexity index is 1030.